The minimum atomic E-state index is 0.361. The average molecular weight is 194 g/mol. The molecular formula is C13H22O. The van der Waals surface area contributed by atoms with Crippen molar-refractivity contribution >= 4 is 5.78 Å². The summed E-state index contributed by atoms with van der Waals surface area (Å²) >= 11 is 0. The Kier molecular flexibility index (Phi) is 2.94. The quantitative estimate of drug-likeness (QED) is 0.670. The molecule has 2 fully saturated rings. The molecule has 0 spiro atoms. The number of fused-ring (bicyclic) bond motifs is 2. The van der Waals surface area contributed by atoms with Crippen LogP contribution in [0.1, 0.15) is 52.4 Å². The van der Waals surface area contributed by atoms with Crippen LogP contribution in [0.15, 0.2) is 0 Å². The standard InChI is InChI=1S/C13H22O/c1-3-10(4-2)13(14)12-8-9-5-6-11(12)7-9/h9-12H,3-8H2,1-2H3. The lowest BCUT2D eigenvalue weighted by Crippen LogP contribution is -2.27. The molecule has 3 unspecified atom stereocenters. The minimum Gasteiger partial charge on any atom is -0.299 e. The maximum Gasteiger partial charge on any atom is 0.139 e. The Hall–Kier alpha value is -0.330. The zero-order valence-corrected chi connectivity index (χ0v) is 9.46. The SMILES string of the molecule is CCC(CC)C(=O)C1CC2CCC1C2. The van der Waals surface area contributed by atoms with Crippen molar-refractivity contribution in [2.45, 2.75) is 52.4 Å². The number of Topliss-reactive ketones (excluding diaryl/α,β-unsaturated/α-hetero) is 1. The number of hydrogen-bond donors (Lipinski definition) is 0. The first-order chi connectivity index (χ1) is 6.76. The molecule has 0 aromatic carbocycles. The first kappa shape index (κ1) is 10.2. The zero-order chi connectivity index (χ0) is 10.1. The minimum absolute atomic E-state index is 0.361. The molecule has 2 bridgehead atoms. The van der Waals surface area contributed by atoms with E-state index in [0.29, 0.717) is 17.6 Å². The highest BCUT2D eigenvalue weighted by Gasteiger charge is 2.43. The van der Waals surface area contributed by atoms with Crippen molar-refractivity contribution in [1.82, 2.24) is 0 Å². The topological polar surface area (TPSA) is 17.1 Å². The van der Waals surface area contributed by atoms with Crippen molar-refractivity contribution in [2.24, 2.45) is 23.7 Å². The maximum absolute atomic E-state index is 12.2. The molecule has 0 aromatic heterocycles. The summed E-state index contributed by atoms with van der Waals surface area (Å²) in [6, 6.07) is 0. The lowest BCUT2D eigenvalue weighted by molar-refractivity contribution is -0.128. The Balaban J connectivity index is 1.98. The molecule has 1 heteroatoms. The second-order valence-electron chi connectivity index (χ2n) is 5.20. The summed E-state index contributed by atoms with van der Waals surface area (Å²) in [5.41, 5.74) is 0. The Morgan fingerprint density at radius 3 is 2.36 bits per heavy atom. The van der Waals surface area contributed by atoms with E-state index in [0.717, 1.165) is 24.7 Å². The van der Waals surface area contributed by atoms with E-state index in [1.54, 1.807) is 0 Å². The zero-order valence-electron chi connectivity index (χ0n) is 9.46. The number of carbonyl (C=O) groups is 1. The maximum atomic E-state index is 12.2. The fourth-order valence-corrected chi connectivity index (χ4v) is 3.59. The molecule has 0 aromatic rings. The molecule has 0 saturated heterocycles. The molecule has 0 radical (unpaired) electrons. The summed E-state index contributed by atoms with van der Waals surface area (Å²) in [4.78, 5) is 12.2. The van der Waals surface area contributed by atoms with Crippen molar-refractivity contribution in [1.29, 1.82) is 0 Å². The largest absolute Gasteiger partial charge is 0.299 e. The Morgan fingerprint density at radius 2 is 1.93 bits per heavy atom. The van der Waals surface area contributed by atoms with Gasteiger partial charge in [0.2, 0.25) is 0 Å². The lowest BCUT2D eigenvalue weighted by atomic mass is 9.79. The third kappa shape index (κ3) is 1.62. The second-order valence-corrected chi connectivity index (χ2v) is 5.20. The van der Waals surface area contributed by atoms with Crippen molar-refractivity contribution in [3.63, 3.8) is 0 Å². The smallest absolute Gasteiger partial charge is 0.139 e. The lowest BCUT2D eigenvalue weighted by Gasteiger charge is -2.24. The van der Waals surface area contributed by atoms with Crippen LogP contribution in [0.4, 0.5) is 0 Å². The average Bonchev–Trinajstić information content (AvgIpc) is 2.80. The Morgan fingerprint density at radius 1 is 1.21 bits per heavy atom. The molecule has 2 saturated carbocycles. The van der Waals surface area contributed by atoms with Crippen LogP contribution in [0, 0.1) is 23.7 Å². The summed E-state index contributed by atoms with van der Waals surface area (Å²) in [7, 11) is 0. The van der Waals surface area contributed by atoms with E-state index in [-0.39, 0.29) is 0 Å². The molecule has 0 amide bonds. The molecule has 0 aliphatic heterocycles. The van der Waals surface area contributed by atoms with Crippen LogP contribution in [0.25, 0.3) is 0 Å². The van der Waals surface area contributed by atoms with Gasteiger partial charge >= 0.3 is 0 Å². The summed E-state index contributed by atoms with van der Waals surface area (Å²) in [5, 5.41) is 0. The number of hydrogen-bond acceptors (Lipinski definition) is 1. The summed E-state index contributed by atoms with van der Waals surface area (Å²) in [5.74, 6) is 3.09. The van der Waals surface area contributed by atoms with Gasteiger partial charge in [0.15, 0.2) is 0 Å². The van der Waals surface area contributed by atoms with Gasteiger partial charge in [-0.1, -0.05) is 20.3 Å². The monoisotopic (exact) mass is 194 g/mol. The summed E-state index contributed by atoms with van der Waals surface area (Å²) < 4.78 is 0. The molecule has 1 nitrogen and oxygen atoms in total. The molecule has 2 aliphatic rings. The van der Waals surface area contributed by atoms with Crippen LogP contribution in [-0.2, 0) is 4.79 Å². The highest BCUT2D eigenvalue weighted by atomic mass is 16.1. The van der Waals surface area contributed by atoms with E-state index < -0.39 is 0 Å². The molecule has 0 heterocycles. The van der Waals surface area contributed by atoms with Gasteiger partial charge in [-0.25, -0.2) is 0 Å². The third-order valence-electron chi connectivity index (χ3n) is 4.49. The molecule has 14 heavy (non-hydrogen) atoms. The molecule has 80 valence electrons. The van der Waals surface area contributed by atoms with Gasteiger partial charge in [-0.15, -0.1) is 0 Å². The van der Waals surface area contributed by atoms with Crippen LogP contribution in [0.5, 0.6) is 0 Å². The van der Waals surface area contributed by atoms with Gasteiger partial charge in [-0.05, 0) is 43.9 Å². The van der Waals surface area contributed by atoms with Gasteiger partial charge < -0.3 is 0 Å². The number of ketones is 1. The highest BCUT2D eigenvalue weighted by molar-refractivity contribution is 5.84. The van der Waals surface area contributed by atoms with E-state index in [9.17, 15) is 4.79 Å². The Labute approximate surface area is 87.3 Å². The highest BCUT2D eigenvalue weighted by Crippen LogP contribution is 2.49. The molecule has 2 aliphatic carbocycles. The van der Waals surface area contributed by atoms with Crippen LogP contribution in [0.2, 0.25) is 0 Å². The first-order valence-electron chi connectivity index (χ1n) is 6.30. The normalized spacial score (nSPS) is 35.5. The van der Waals surface area contributed by atoms with Gasteiger partial charge in [0.05, 0.1) is 0 Å². The van der Waals surface area contributed by atoms with Crippen LogP contribution in [-0.4, -0.2) is 5.78 Å². The first-order valence-corrected chi connectivity index (χ1v) is 6.30. The van der Waals surface area contributed by atoms with Crippen LogP contribution >= 0.6 is 0 Å². The fourth-order valence-electron chi connectivity index (χ4n) is 3.59. The van der Waals surface area contributed by atoms with Crippen LogP contribution in [0.3, 0.4) is 0 Å². The van der Waals surface area contributed by atoms with E-state index in [2.05, 4.69) is 13.8 Å². The molecule has 0 N–H and O–H groups in total. The third-order valence-corrected chi connectivity index (χ3v) is 4.49. The van der Waals surface area contributed by atoms with E-state index in [1.807, 2.05) is 0 Å². The van der Waals surface area contributed by atoms with E-state index >= 15 is 0 Å². The number of carbonyl (C=O) groups excluding carboxylic acids is 1. The second kappa shape index (κ2) is 4.04. The van der Waals surface area contributed by atoms with Crippen molar-refractivity contribution in [3.8, 4) is 0 Å². The van der Waals surface area contributed by atoms with E-state index in [4.69, 9.17) is 0 Å². The van der Waals surface area contributed by atoms with Gasteiger partial charge in [-0.3, -0.25) is 4.79 Å². The molecule has 3 atom stereocenters. The van der Waals surface area contributed by atoms with Crippen molar-refractivity contribution in [3.05, 3.63) is 0 Å². The van der Waals surface area contributed by atoms with Crippen molar-refractivity contribution < 1.29 is 4.79 Å². The predicted octanol–water partition coefficient (Wildman–Crippen LogP) is 3.43. The van der Waals surface area contributed by atoms with Gasteiger partial charge in [0, 0.05) is 11.8 Å². The summed E-state index contributed by atoms with van der Waals surface area (Å²) in [6.07, 6.45) is 7.40. The van der Waals surface area contributed by atoms with Gasteiger partial charge in [0.25, 0.3) is 0 Å². The van der Waals surface area contributed by atoms with Crippen LogP contribution < -0.4 is 0 Å². The molecule has 2 rings (SSSR count). The number of rotatable bonds is 4. The van der Waals surface area contributed by atoms with Crippen molar-refractivity contribution in [2.75, 3.05) is 0 Å². The molecular weight excluding hydrogens is 172 g/mol. The predicted molar refractivity (Wildman–Crippen MR) is 58.0 cm³/mol. The summed E-state index contributed by atoms with van der Waals surface area (Å²) in [6.45, 7) is 4.30. The van der Waals surface area contributed by atoms with Gasteiger partial charge in [0.1, 0.15) is 5.78 Å². The van der Waals surface area contributed by atoms with Gasteiger partial charge in [-0.2, -0.15) is 0 Å². The Bertz CT molecular complexity index is 217. The van der Waals surface area contributed by atoms with E-state index in [1.165, 1.54) is 25.7 Å². The fraction of sp³-hybridized carbons (Fsp3) is 0.923.